The molecule has 1 aromatic rings. The van der Waals surface area contributed by atoms with Gasteiger partial charge in [-0.05, 0) is 12.8 Å². The molecule has 0 radical (unpaired) electrons. The van der Waals surface area contributed by atoms with Gasteiger partial charge < -0.3 is 5.73 Å². The summed E-state index contributed by atoms with van der Waals surface area (Å²) in [6.45, 7) is 0. The first-order valence-corrected chi connectivity index (χ1v) is 7.55. The monoisotopic (exact) mass is 284 g/mol. The maximum Gasteiger partial charge on any atom is 0.339 e. The smallest absolute Gasteiger partial charge is 0.327 e. The molecule has 0 saturated heterocycles. The molecule has 1 heterocycles. The average molecular weight is 284 g/mol. The van der Waals surface area contributed by atoms with Crippen molar-refractivity contribution in [1.82, 2.24) is 14.8 Å². The van der Waals surface area contributed by atoms with Crippen LogP contribution in [0.1, 0.15) is 38.5 Å². The van der Waals surface area contributed by atoms with Crippen molar-refractivity contribution in [2.75, 3.05) is 0 Å². The third-order valence-electron chi connectivity index (χ3n) is 3.46. The minimum Gasteiger partial charge on any atom is -0.327 e. The second kappa shape index (κ2) is 6.38. The molecule has 1 fully saturated rings. The predicted molar refractivity (Wildman–Crippen MR) is 75.4 cm³/mol. The summed E-state index contributed by atoms with van der Waals surface area (Å²) < 4.78 is 1.50. The first-order chi connectivity index (χ1) is 9.08. The van der Waals surface area contributed by atoms with Gasteiger partial charge in [0, 0.05) is 18.3 Å². The lowest BCUT2D eigenvalue weighted by molar-refractivity contribution is 0.461. The molecule has 0 aliphatic heterocycles. The van der Waals surface area contributed by atoms with Gasteiger partial charge in [-0.1, -0.05) is 37.4 Å². The highest BCUT2D eigenvalue weighted by molar-refractivity contribution is 7.99. The van der Waals surface area contributed by atoms with Gasteiger partial charge in [-0.25, -0.2) is 0 Å². The summed E-state index contributed by atoms with van der Waals surface area (Å²) in [5.74, 6) is 0. The molecule has 0 bridgehead atoms. The Morgan fingerprint density at radius 1 is 1.26 bits per heavy atom. The second-order valence-electron chi connectivity index (χ2n) is 5.01. The molecule has 3 N–H and O–H groups in total. The average Bonchev–Trinajstić information content (AvgIpc) is 2.35. The number of aromatic amines is 1. The van der Waals surface area contributed by atoms with Crippen LogP contribution in [0.4, 0.5) is 0 Å². The number of thioether (sulfide) groups is 1. The Morgan fingerprint density at radius 2 is 1.95 bits per heavy atom. The number of nitrogens with one attached hydrogen (secondary N) is 1. The molecule has 1 aliphatic carbocycles. The van der Waals surface area contributed by atoms with E-state index in [2.05, 4.69) is 10.1 Å². The Bertz CT molecular complexity index is 539. The van der Waals surface area contributed by atoms with Gasteiger partial charge in [-0.2, -0.15) is 4.98 Å². The van der Waals surface area contributed by atoms with Crippen molar-refractivity contribution in [2.24, 2.45) is 12.8 Å². The summed E-state index contributed by atoms with van der Waals surface area (Å²) in [7, 11) is 1.69. The topological polar surface area (TPSA) is 93.8 Å². The molecule has 0 spiro atoms. The number of hydrogen-bond acceptors (Lipinski definition) is 5. The Balaban J connectivity index is 2.16. The van der Waals surface area contributed by atoms with Gasteiger partial charge in [-0.15, -0.1) is 0 Å². The fraction of sp³-hybridized carbons (Fsp3) is 0.750. The van der Waals surface area contributed by atoms with Gasteiger partial charge >= 0.3 is 11.1 Å². The summed E-state index contributed by atoms with van der Waals surface area (Å²) in [4.78, 5) is 26.3. The molecule has 106 valence electrons. The summed E-state index contributed by atoms with van der Waals surface area (Å²) in [5.41, 5.74) is 4.78. The van der Waals surface area contributed by atoms with Crippen LogP contribution in [0.5, 0.6) is 0 Å². The van der Waals surface area contributed by atoms with E-state index in [-0.39, 0.29) is 11.3 Å². The fourth-order valence-corrected chi connectivity index (χ4v) is 3.53. The highest BCUT2D eigenvalue weighted by Gasteiger charge is 2.22. The maximum absolute atomic E-state index is 11.3. The zero-order chi connectivity index (χ0) is 13.8. The van der Waals surface area contributed by atoms with E-state index in [4.69, 9.17) is 5.73 Å². The van der Waals surface area contributed by atoms with Crippen LogP contribution in [0.15, 0.2) is 14.7 Å². The second-order valence-corrected chi connectivity index (χ2v) is 6.22. The summed E-state index contributed by atoms with van der Waals surface area (Å²) >= 11 is 1.50. The zero-order valence-electron chi connectivity index (χ0n) is 11.1. The lowest BCUT2D eigenvalue weighted by Crippen LogP contribution is -2.36. The van der Waals surface area contributed by atoms with Gasteiger partial charge in [0.15, 0.2) is 5.16 Å². The van der Waals surface area contributed by atoms with Crippen molar-refractivity contribution in [1.29, 1.82) is 0 Å². The molecule has 1 saturated carbocycles. The number of hydrogen-bond donors (Lipinski definition) is 2. The quantitative estimate of drug-likeness (QED) is 0.776. The van der Waals surface area contributed by atoms with Gasteiger partial charge in [0.25, 0.3) is 0 Å². The Morgan fingerprint density at radius 3 is 2.68 bits per heavy atom. The van der Waals surface area contributed by atoms with Crippen molar-refractivity contribution in [3.63, 3.8) is 0 Å². The molecule has 1 aromatic heterocycles. The van der Waals surface area contributed by atoms with Gasteiger partial charge in [-0.3, -0.25) is 19.4 Å². The molecule has 0 amide bonds. The molecule has 2 rings (SSSR count). The number of rotatable bonds is 2. The van der Waals surface area contributed by atoms with E-state index >= 15 is 0 Å². The Labute approximate surface area is 115 Å². The van der Waals surface area contributed by atoms with E-state index in [0.717, 1.165) is 25.7 Å². The SMILES string of the molecule is Cn1[nH]c(=O)c(=O)nc1SC1CCCCCCC1N. The van der Waals surface area contributed by atoms with Crippen LogP contribution in [-0.2, 0) is 7.05 Å². The lowest BCUT2D eigenvalue weighted by atomic mass is 9.97. The highest BCUT2D eigenvalue weighted by atomic mass is 32.2. The highest BCUT2D eigenvalue weighted by Crippen LogP contribution is 2.29. The first kappa shape index (κ1) is 14.3. The molecule has 6 nitrogen and oxygen atoms in total. The number of aromatic nitrogens is 3. The number of nitrogens with zero attached hydrogens (tertiary/aromatic N) is 2. The van der Waals surface area contributed by atoms with E-state index in [9.17, 15) is 9.59 Å². The fourth-order valence-electron chi connectivity index (χ4n) is 2.33. The maximum atomic E-state index is 11.3. The van der Waals surface area contributed by atoms with E-state index in [0.29, 0.717) is 5.16 Å². The molecule has 2 atom stereocenters. The molecular weight excluding hydrogens is 264 g/mol. The van der Waals surface area contributed by atoms with Crippen molar-refractivity contribution in [3.05, 3.63) is 20.7 Å². The molecule has 7 heteroatoms. The van der Waals surface area contributed by atoms with Crippen LogP contribution in [-0.4, -0.2) is 26.1 Å². The van der Waals surface area contributed by atoms with Crippen molar-refractivity contribution in [2.45, 2.75) is 55.0 Å². The van der Waals surface area contributed by atoms with Crippen molar-refractivity contribution < 1.29 is 0 Å². The van der Waals surface area contributed by atoms with Gasteiger partial charge in [0.1, 0.15) is 0 Å². The van der Waals surface area contributed by atoms with Gasteiger partial charge in [0.2, 0.25) is 0 Å². The number of H-pyrrole nitrogens is 1. The largest absolute Gasteiger partial charge is 0.339 e. The Hall–Kier alpha value is -1.08. The molecule has 0 aromatic carbocycles. The zero-order valence-corrected chi connectivity index (χ0v) is 11.9. The molecular formula is C12H20N4O2S. The summed E-state index contributed by atoms with van der Waals surface area (Å²) in [6.07, 6.45) is 6.84. The molecule has 1 aliphatic rings. The van der Waals surface area contributed by atoms with Gasteiger partial charge in [0.05, 0.1) is 0 Å². The van der Waals surface area contributed by atoms with Crippen LogP contribution >= 0.6 is 11.8 Å². The standard InChI is InChI=1S/C12H20N4O2S/c1-16-12(14-10(17)11(18)15-16)19-9-7-5-3-2-4-6-8(9)13/h8-9H,2-7,13H2,1H3,(H,15,18). The van der Waals surface area contributed by atoms with Crippen molar-refractivity contribution in [3.8, 4) is 0 Å². The normalized spacial score (nSPS) is 24.7. The van der Waals surface area contributed by atoms with Crippen LogP contribution in [0.25, 0.3) is 0 Å². The van der Waals surface area contributed by atoms with E-state index < -0.39 is 11.1 Å². The number of aryl methyl sites for hydroxylation is 1. The minimum atomic E-state index is -0.736. The third kappa shape index (κ3) is 3.70. The van der Waals surface area contributed by atoms with Crippen LogP contribution in [0, 0.1) is 0 Å². The predicted octanol–water partition coefficient (Wildman–Crippen LogP) is 0.611. The van der Waals surface area contributed by atoms with E-state index in [1.54, 1.807) is 7.05 Å². The van der Waals surface area contributed by atoms with Crippen LogP contribution < -0.4 is 16.9 Å². The van der Waals surface area contributed by atoms with E-state index in [1.807, 2.05) is 0 Å². The molecule has 19 heavy (non-hydrogen) atoms. The Kier molecular flexibility index (Phi) is 4.81. The van der Waals surface area contributed by atoms with Crippen LogP contribution in [0.3, 0.4) is 0 Å². The summed E-state index contributed by atoms with van der Waals surface area (Å²) in [5, 5.41) is 3.25. The minimum absolute atomic E-state index is 0.120. The van der Waals surface area contributed by atoms with E-state index in [1.165, 1.54) is 29.3 Å². The van der Waals surface area contributed by atoms with Crippen LogP contribution in [0.2, 0.25) is 0 Å². The number of nitrogens with two attached hydrogens (primary N) is 1. The summed E-state index contributed by atoms with van der Waals surface area (Å²) in [6, 6.07) is 0.120. The molecule has 2 unspecified atom stereocenters. The van der Waals surface area contributed by atoms with Crippen molar-refractivity contribution >= 4 is 11.8 Å². The lowest BCUT2D eigenvalue weighted by Gasteiger charge is -2.25. The first-order valence-electron chi connectivity index (χ1n) is 6.67. The third-order valence-corrected chi connectivity index (χ3v) is 4.92.